The van der Waals surface area contributed by atoms with Crippen molar-refractivity contribution >= 4 is 23.4 Å². The molecule has 0 bridgehead atoms. The zero-order valence-corrected chi connectivity index (χ0v) is 13.6. The fourth-order valence-electron chi connectivity index (χ4n) is 2.27. The van der Waals surface area contributed by atoms with Gasteiger partial charge in [0.15, 0.2) is 5.82 Å². The third kappa shape index (κ3) is 5.31. The normalized spacial score (nSPS) is 10.1. The minimum Gasteiger partial charge on any atom is -0.368 e. The molecule has 0 unspecified atom stereocenters. The fraction of sp³-hybridized carbons (Fsp3) is 0.105. The van der Waals surface area contributed by atoms with E-state index in [1.54, 1.807) is 12.1 Å². The van der Waals surface area contributed by atoms with Crippen molar-refractivity contribution < 1.29 is 4.79 Å². The average Bonchev–Trinajstić information content (AvgIpc) is 2.65. The number of anilines is 3. The smallest absolute Gasteiger partial charge is 0.324 e. The number of rotatable bonds is 6. The van der Waals surface area contributed by atoms with Crippen LogP contribution in [0.15, 0.2) is 72.8 Å². The highest BCUT2D eigenvalue weighted by molar-refractivity contribution is 5.99. The molecule has 0 spiro atoms. The number of hydrogen-bond donors (Lipinski definition) is 3. The molecule has 3 N–H and O–H groups in total. The second kappa shape index (κ2) is 8.44. The lowest BCUT2D eigenvalue weighted by atomic mass is 10.1. The molecule has 6 heteroatoms. The summed E-state index contributed by atoms with van der Waals surface area (Å²) in [4.78, 5) is 11.9. The van der Waals surface area contributed by atoms with Crippen molar-refractivity contribution in [3.8, 4) is 0 Å². The van der Waals surface area contributed by atoms with Crippen molar-refractivity contribution in [2.24, 2.45) is 0 Å². The lowest BCUT2D eigenvalue weighted by Gasteiger charge is -2.08. The van der Waals surface area contributed by atoms with Gasteiger partial charge in [0.05, 0.1) is 0 Å². The van der Waals surface area contributed by atoms with E-state index < -0.39 is 0 Å². The first-order valence-corrected chi connectivity index (χ1v) is 8.04. The van der Waals surface area contributed by atoms with Gasteiger partial charge in [0.1, 0.15) is 5.82 Å². The molecule has 0 saturated carbocycles. The number of aromatic nitrogens is 2. The summed E-state index contributed by atoms with van der Waals surface area (Å²) in [5.41, 5.74) is 1.98. The van der Waals surface area contributed by atoms with E-state index in [1.165, 1.54) is 5.56 Å². The van der Waals surface area contributed by atoms with Gasteiger partial charge in [0.2, 0.25) is 0 Å². The van der Waals surface area contributed by atoms with Gasteiger partial charge in [0, 0.05) is 12.2 Å². The van der Waals surface area contributed by atoms with Gasteiger partial charge in [-0.1, -0.05) is 48.5 Å². The molecule has 3 aromatic rings. The molecule has 25 heavy (non-hydrogen) atoms. The van der Waals surface area contributed by atoms with Crippen molar-refractivity contribution in [2.45, 2.75) is 6.42 Å². The van der Waals surface area contributed by atoms with E-state index in [2.05, 4.69) is 38.3 Å². The minimum atomic E-state index is -0.356. The molecular weight excluding hydrogens is 314 g/mol. The second-order valence-electron chi connectivity index (χ2n) is 5.41. The molecule has 1 heterocycles. The van der Waals surface area contributed by atoms with E-state index in [4.69, 9.17) is 0 Å². The van der Waals surface area contributed by atoms with Crippen LogP contribution in [0, 0.1) is 0 Å². The number of benzene rings is 2. The number of urea groups is 1. The summed E-state index contributed by atoms with van der Waals surface area (Å²) in [7, 11) is 0. The van der Waals surface area contributed by atoms with Crippen LogP contribution in [0.1, 0.15) is 5.56 Å². The minimum absolute atomic E-state index is 0.356. The van der Waals surface area contributed by atoms with Crippen LogP contribution in [-0.2, 0) is 6.42 Å². The van der Waals surface area contributed by atoms with Crippen LogP contribution in [0.3, 0.4) is 0 Å². The summed E-state index contributed by atoms with van der Waals surface area (Å²) in [6, 6.07) is 22.6. The highest BCUT2D eigenvalue weighted by Gasteiger charge is 2.04. The zero-order chi connectivity index (χ0) is 17.3. The lowest BCUT2D eigenvalue weighted by Crippen LogP contribution is -2.20. The molecule has 0 saturated heterocycles. The molecule has 0 atom stereocenters. The maximum Gasteiger partial charge on any atom is 0.324 e. The third-order valence-electron chi connectivity index (χ3n) is 3.50. The van der Waals surface area contributed by atoms with Gasteiger partial charge >= 0.3 is 6.03 Å². The molecule has 2 amide bonds. The SMILES string of the molecule is O=C(Nc1ccccc1)Nc1ccc(NCCc2ccccc2)nn1. The van der Waals surface area contributed by atoms with E-state index in [0.717, 1.165) is 13.0 Å². The number of nitrogens with zero attached hydrogens (tertiary/aromatic N) is 2. The van der Waals surface area contributed by atoms with Gasteiger partial charge in [-0.15, -0.1) is 10.2 Å². The Morgan fingerprint density at radius 1 is 0.760 bits per heavy atom. The molecule has 2 aromatic carbocycles. The van der Waals surface area contributed by atoms with E-state index >= 15 is 0 Å². The van der Waals surface area contributed by atoms with Crippen molar-refractivity contribution in [1.29, 1.82) is 0 Å². The van der Waals surface area contributed by atoms with Gasteiger partial charge in [-0.25, -0.2) is 4.79 Å². The second-order valence-corrected chi connectivity index (χ2v) is 5.41. The Morgan fingerprint density at radius 3 is 2.08 bits per heavy atom. The number of para-hydroxylation sites is 1. The van der Waals surface area contributed by atoms with Gasteiger partial charge in [-0.05, 0) is 36.2 Å². The average molecular weight is 333 g/mol. The Morgan fingerprint density at radius 2 is 1.40 bits per heavy atom. The Bertz CT molecular complexity index is 791. The van der Waals surface area contributed by atoms with Gasteiger partial charge in [0.25, 0.3) is 0 Å². The molecule has 0 aliphatic heterocycles. The summed E-state index contributed by atoms with van der Waals surface area (Å²) in [5.74, 6) is 1.06. The predicted molar refractivity (Wildman–Crippen MR) is 99.8 cm³/mol. The van der Waals surface area contributed by atoms with Crippen molar-refractivity contribution in [3.05, 3.63) is 78.4 Å². The van der Waals surface area contributed by atoms with Gasteiger partial charge < -0.3 is 10.6 Å². The lowest BCUT2D eigenvalue weighted by molar-refractivity contribution is 0.262. The van der Waals surface area contributed by atoms with Gasteiger partial charge in [-0.3, -0.25) is 5.32 Å². The first kappa shape index (κ1) is 16.4. The van der Waals surface area contributed by atoms with Crippen molar-refractivity contribution in [1.82, 2.24) is 10.2 Å². The number of hydrogen-bond acceptors (Lipinski definition) is 4. The standard InChI is InChI=1S/C19H19N5O/c25-19(21-16-9-5-2-6-10-16)22-18-12-11-17(23-24-18)20-14-13-15-7-3-1-4-8-15/h1-12H,13-14H2,(H,20,23)(H2,21,22,24,25). The number of nitrogens with one attached hydrogen (secondary N) is 3. The predicted octanol–water partition coefficient (Wildman–Crippen LogP) is 3.78. The number of carbonyl (C=O) groups excluding carboxylic acids is 1. The summed E-state index contributed by atoms with van der Waals surface area (Å²) in [5, 5.41) is 16.7. The monoisotopic (exact) mass is 333 g/mol. The number of carbonyl (C=O) groups is 1. The molecule has 1 aromatic heterocycles. The molecule has 0 fully saturated rings. The molecule has 0 aliphatic carbocycles. The number of amides is 2. The Labute approximate surface area is 146 Å². The van der Waals surface area contributed by atoms with Crippen LogP contribution in [0.25, 0.3) is 0 Å². The van der Waals surface area contributed by atoms with Gasteiger partial charge in [-0.2, -0.15) is 0 Å². The van der Waals surface area contributed by atoms with Crippen molar-refractivity contribution in [3.63, 3.8) is 0 Å². The van der Waals surface area contributed by atoms with E-state index in [9.17, 15) is 4.79 Å². The van der Waals surface area contributed by atoms with E-state index in [1.807, 2.05) is 48.5 Å². The van der Waals surface area contributed by atoms with Crippen LogP contribution >= 0.6 is 0 Å². The van der Waals surface area contributed by atoms with Crippen LogP contribution in [0.2, 0.25) is 0 Å². The topological polar surface area (TPSA) is 78.9 Å². The summed E-state index contributed by atoms with van der Waals surface area (Å²) in [6.07, 6.45) is 0.905. The van der Waals surface area contributed by atoms with Crippen LogP contribution in [0.5, 0.6) is 0 Å². The Kier molecular flexibility index (Phi) is 5.56. The molecule has 3 rings (SSSR count). The maximum absolute atomic E-state index is 11.9. The summed E-state index contributed by atoms with van der Waals surface area (Å²) < 4.78 is 0. The molecule has 0 radical (unpaired) electrons. The third-order valence-corrected chi connectivity index (χ3v) is 3.50. The summed E-state index contributed by atoms with van der Waals surface area (Å²) in [6.45, 7) is 0.764. The molecular formula is C19H19N5O. The maximum atomic E-state index is 11.9. The van der Waals surface area contributed by atoms with Crippen LogP contribution < -0.4 is 16.0 Å². The largest absolute Gasteiger partial charge is 0.368 e. The first-order valence-electron chi connectivity index (χ1n) is 8.04. The molecule has 126 valence electrons. The zero-order valence-electron chi connectivity index (χ0n) is 13.6. The highest BCUT2D eigenvalue weighted by atomic mass is 16.2. The van der Waals surface area contributed by atoms with Crippen LogP contribution in [-0.4, -0.2) is 22.8 Å². The quantitative estimate of drug-likeness (QED) is 0.641. The molecule has 0 aliphatic rings. The Hall–Kier alpha value is -3.41. The first-order chi connectivity index (χ1) is 12.3. The van der Waals surface area contributed by atoms with E-state index in [0.29, 0.717) is 17.3 Å². The summed E-state index contributed by atoms with van der Waals surface area (Å²) >= 11 is 0. The van der Waals surface area contributed by atoms with Crippen LogP contribution in [0.4, 0.5) is 22.1 Å². The van der Waals surface area contributed by atoms with E-state index in [-0.39, 0.29) is 6.03 Å². The van der Waals surface area contributed by atoms with Crippen molar-refractivity contribution in [2.75, 3.05) is 22.5 Å². The molecule has 6 nitrogen and oxygen atoms in total. The fourth-order valence-corrected chi connectivity index (χ4v) is 2.27. The Balaban J connectivity index is 1.46. The highest BCUT2D eigenvalue weighted by Crippen LogP contribution is 2.09.